The minimum absolute atomic E-state index is 0.186. The van der Waals surface area contributed by atoms with E-state index in [1.54, 1.807) is 30.3 Å². The molecule has 1 aromatic heterocycles. The quantitative estimate of drug-likeness (QED) is 0.783. The van der Waals surface area contributed by atoms with Crippen LogP contribution in [0.1, 0.15) is 16.1 Å². The van der Waals surface area contributed by atoms with Crippen LogP contribution in [0.4, 0.5) is 0 Å². The summed E-state index contributed by atoms with van der Waals surface area (Å²) in [6, 6.07) is 8.43. The summed E-state index contributed by atoms with van der Waals surface area (Å²) in [7, 11) is 0. The Bertz CT molecular complexity index is 505. The number of rotatable bonds is 2. The van der Waals surface area contributed by atoms with Crippen molar-refractivity contribution in [3.05, 3.63) is 57.4 Å². The fourth-order valence-electron chi connectivity index (χ4n) is 1.22. The molecule has 1 aromatic carbocycles. The predicted molar refractivity (Wildman–Crippen MR) is 61.3 cm³/mol. The number of benzene rings is 1. The lowest BCUT2D eigenvalue weighted by Gasteiger charge is -1.98. The number of carbonyl (C=O) groups is 1. The van der Waals surface area contributed by atoms with E-state index in [4.69, 9.17) is 16.0 Å². The Morgan fingerprint density at radius 2 is 2.13 bits per heavy atom. The van der Waals surface area contributed by atoms with Crippen molar-refractivity contribution in [1.82, 2.24) is 0 Å². The lowest BCUT2D eigenvalue weighted by atomic mass is 10.1. The smallest absolute Gasteiger partial charge is 0.229 e. The van der Waals surface area contributed by atoms with Crippen molar-refractivity contribution in [2.45, 2.75) is 0 Å². The monoisotopic (exact) mass is 284 g/mol. The van der Waals surface area contributed by atoms with E-state index in [-0.39, 0.29) is 11.5 Å². The molecule has 15 heavy (non-hydrogen) atoms. The summed E-state index contributed by atoms with van der Waals surface area (Å²) >= 11 is 9.03. The summed E-state index contributed by atoms with van der Waals surface area (Å²) in [5.41, 5.74) is 0.512. The fraction of sp³-hybridized carbons (Fsp3) is 0. The van der Waals surface area contributed by atoms with Crippen LogP contribution >= 0.6 is 27.5 Å². The molecule has 0 aliphatic rings. The normalized spacial score (nSPS) is 10.3. The zero-order valence-corrected chi connectivity index (χ0v) is 9.88. The topological polar surface area (TPSA) is 30.2 Å². The summed E-state index contributed by atoms with van der Waals surface area (Å²) in [6.45, 7) is 0. The third-order valence-corrected chi connectivity index (χ3v) is 2.77. The molecule has 0 spiro atoms. The van der Waals surface area contributed by atoms with Gasteiger partial charge < -0.3 is 4.42 Å². The number of hydrogen-bond donors (Lipinski definition) is 0. The average molecular weight is 286 g/mol. The second kappa shape index (κ2) is 4.21. The van der Waals surface area contributed by atoms with Gasteiger partial charge in [-0.1, -0.05) is 23.7 Å². The van der Waals surface area contributed by atoms with Crippen molar-refractivity contribution in [1.29, 1.82) is 0 Å². The Morgan fingerprint density at radius 1 is 1.33 bits per heavy atom. The Morgan fingerprint density at radius 3 is 2.73 bits per heavy atom. The predicted octanol–water partition coefficient (Wildman–Crippen LogP) is 3.93. The van der Waals surface area contributed by atoms with Crippen LogP contribution in [0, 0.1) is 0 Å². The van der Waals surface area contributed by atoms with Gasteiger partial charge in [0.05, 0.1) is 10.7 Å². The molecule has 0 unspecified atom stereocenters. The summed E-state index contributed by atoms with van der Waals surface area (Å²) in [6.07, 6.45) is 1.46. The van der Waals surface area contributed by atoms with E-state index >= 15 is 0 Å². The van der Waals surface area contributed by atoms with Gasteiger partial charge in [-0.25, -0.2) is 0 Å². The molecule has 2 nitrogen and oxygen atoms in total. The van der Waals surface area contributed by atoms with Gasteiger partial charge in [-0.3, -0.25) is 4.79 Å². The van der Waals surface area contributed by atoms with E-state index in [1.165, 1.54) is 6.26 Å². The zero-order valence-electron chi connectivity index (χ0n) is 7.54. The first-order chi connectivity index (χ1) is 7.18. The molecule has 0 saturated carbocycles. The zero-order chi connectivity index (χ0) is 10.8. The highest BCUT2D eigenvalue weighted by Gasteiger charge is 2.15. The second-order valence-electron chi connectivity index (χ2n) is 2.94. The van der Waals surface area contributed by atoms with Crippen LogP contribution in [0.25, 0.3) is 0 Å². The Labute approximate surface area is 100.0 Å². The van der Waals surface area contributed by atoms with Gasteiger partial charge in [0.25, 0.3) is 0 Å². The van der Waals surface area contributed by atoms with Gasteiger partial charge in [-0.2, -0.15) is 0 Å². The first-order valence-corrected chi connectivity index (χ1v) is 5.39. The van der Waals surface area contributed by atoms with Crippen molar-refractivity contribution < 1.29 is 9.21 Å². The number of carbonyl (C=O) groups excluding carboxylic acids is 1. The van der Waals surface area contributed by atoms with Crippen LogP contribution in [0.15, 0.2) is 45.5 Å². The molecule has 0 fully saturated rings. The highest BCUT2D eigenvalue weighted by molar-refractivity contribution is 9.10. The van der Waals surface area contributed by atoms with Crippen LogP contribution in [0.3, 0.4) is 0 Å². The molecular weight excluding hydrogens is 279 g/mol. The first kappa shape index (κ1) is 10.5. The minimum Gasteiger partial charge on any atom is -0.460 e. The van der Waals surface area contributed by atoms with Gasteiger partial charge in [-0.15, -0.1) is 0 Å². The van der Waals surface area contributed by atoms with Crippen molar-refractivity contribution >= 4 is 33.3 Å². The van der Waals surface area contributed by atoms with Gasteiger partial charge in [0.1, 0.15) is 0 Å². The molecule has 0 radical (unpaired) electrons. The van der Waals surface area contributed by atoms with Gasteiger partial charge in [0.2, 0.25) is 5.78 Å². The van der Waals surface area contributed by atoms with Crippen molar-refractivity contribution in [3.8, 4) is 0 Å². The molecule has 0 atom stereocenters. The lowest BCUT2D eigenvalue weighted by Crippen LogP contribution is -1.99. The maximum atomic E-state index is 11.9. The van der Waals surface area contributed by atoms with Gasteiger partial charge in [0.15, 0.2) is 5.76 Å². The van der Waals surface area contributed by atoms with E-state index in [2.05, 4.69) is 15.9 Å². The third kappa shape index (κ3) is 2.13. The molecule has 0 bridgehead atoms. The van der Waals surface area contributed by atoms with E-state index in [0.29, 0.717) is 15.1 Å². The van der Waals surface area contributed by atoms with Crippen LogP contribution in [0.5, 0.6) is 0 Å². The Kier molecular flexibility index (Phi) is 2.93. The van der Waals surface area contributed by atoms with Crippen molar-refractivity contribution in [3.63, 3.8) is 0 Å². The largest absolute Gasteiger partial charge is 0.460 e. The maximum Gasteiger partial charge on any atom is 0.229 e. The fourth-order valence-corrected chi connectivity index (χ4v) is 1.79. The van der Waals surface area contributed by atoms with Gasteiger partial charge in [-0.05, 0) is 34.1 Å². The van der Waals surface area contributed by atoms with E-state index in [9.17, 15) is 4.79 Å². The van der Waals surface area contributed by atoms with Crippen LogP contribution in [-0.2, 0) is 0 Å². The molecular formula is C11H6BrClO2. The highest BCUT2D eigenvalue weighted by atomic mass is 79.9. The van der Waals surface area contributed by atoms with Gasteiger partial charge in [0, 0.05) is 10.6 Å². The molecule has 2 aromatic rings. The summed E-state index contributed by atoms with van der Waals surface area (Å²) in [5, 5.41) is 0.531. The molecule has 0 amide bonds. The molecule has 76 valence electrons. The molecule has 0 aliphatic carbocycles. The SMILES string of the molecule is O=C(c1cccc(Cl)c1)c1occc1Br. The Balaban J connectivity index is 2.41. The lowest BCUT2D eigenvalue weighted by molar-refractivity contribution is 0.101. The molecule has 4 heteroatoms. The van der Waals surface area contributed by atoms with Crippen molar-refractivity contribution in [2.24, 2.45) is 0 Å². The molecule has 2 rings (SSSR count). The molecule has 0 saturated heterocycles. The summed E-state index contributed by atoms with van der Waals surface area (Å²) in [5.74, 6) is 0.103. The molecule has 0 aliphatic heterocycles. The van der Waals surface area contributed by atoms with Crippen LogP contribution in [0.2, 0.25) is 5.02 Å². The standard InChI is InChI=1S/C11H6BrClO2/c12-9-4-5-15-11(9)10(14)7-2-1-3-8(13)6-7/h1-6H. The second-order valence-corrected chi connectivity index (χ2v) is 4.23. The number of halogens is 2. The molecule has 0 N–H and O–H groups in total. The van der Waals surface area contributed by atoms with E-state index < -0.39 is 0 Å². The van der Waals surface area contributed by atoms with E-state index in [1.807, 2.05) is 0 Å². The van der Waals surface area contributed by atoms with E-state index in [0.717, 1.165) is 0 Å². The number of hydrogen-bond acceptors (Lipinski definition) is 2. The van der Waals surface area contributed by atoms with Gasteiger partial charge >= 0.3 is 0 Å². The van der Waals surface area contributed by atoms with Crippen molar-refractivity contribution in [2.75, 3.05) is 0 Å². The first-order valence-electron chi connectivity index (χ1n) is 4.22. The maximum absolute atomic E-state index is 11.9. The number of ketones is 1. The Hall–Kier alpha value is -1.06. The van der Waals surface area contributed by atoms with Crippen LogP contribution < -0.4 is 0 Å². The van der Waals surface area contributed by atoms with Crippen LogP contribution in [-0.4, -0.2) is 5.78 Å². The summed E-state index contributed by atoms with van der Waals surface area (Å²) < 4.78 is 5.73. The molecule has 1 heterocycles. The summed E-state index contributed by atoms with van der Waals surface area (Å²) in [4.78, 5) is 11.9. The minimum atomic E-state index is -0.186. The third-order valence-electron chi connectivity index (χ3n) is 1.91. The highest BCUT2D eigenvalue weighted by Crippen LogP contribution is 2.22. The number of furan rings is 1. The average Bonchev–Trinajstić information content (AvgIpc) is 2.63.